The first-order chi connectivity index (χ1) is 8.89. The van der Waals surface area contributed by atoms with Crippen molar-refractivity contribution in [1.29, 1.82) is 0 Å². The third-order valence-electron chi connectivity index (χ3n) is 2.28. The Morgan fingerprint density at radius 1 is 1.47 bits per heavy atom. The van der Waals surface area contributed by atoms with Crippen LogP contribution in [0, 0.1) is 0 Å². The highest BCUT2D eigenvalue weighted by molar-refractivity contribution is 7.52. The van der Waals surface area contributed by atoms with Crippen LogP contribution < -0.4 is 5.73 Å². The third-order valence-corrected chi connectivity index (χ3v) is 2.96. The SMILES string of the molecule is Nc1ncnc2c1ncn2CCOC(F)P(=O)(O)O. The Hall–Kier alpha value is -1.61. The Balaban J connectivity index is 2.03. The van der Waals surface area contributed by atoms with Crippen LogP contribution in [0.3, 0.4) is 0 Å². The molecule has 0 fully saturated rings. The monoisotopic (exact) mass is 291 g/mol. The lowest BCUT2D eigenvalue weighted by Gasteiger charge is -2.11. The molecule has 0 amide bonds. The number of aromatic nitrogens is 4. The summed E-state index contributed by atoms with van der Waals surface area (Å²) in [4.78, 5) is 28.7. The molecule has 0 bridgehead atoms. The fraction of sp³-hybridized carbons (Fsp3) is 0.375. The number of imidazole rings is 1. The summed E-state index contributed by atoms with van der Waals surface area (Å²) in [7, 11) is -4.88. The van der Waals surface area contributed by atoms with Crippen LogP contribution in [0.25, 0.3) is 11.2 Å². The van der Waals surface area contributed by atoms with Gasteiger partial charge in [0.1, 0.15) is 11.8 Å². The van der Waals surface area contributed by atoms with E-state index in [9.17, 15) is 8.96 Å². The first-order valence-electron chi connectivity index (χ1n) is 5.12. The second-order valence-corrected chi connectivity index (χ2v) is 5.21. The Morgan fingerprint density at radius 3 is 2.89 bits per heavy atom. The summed E-state index contributed by atoms with van der Waals surface area (Å²) in [5, 5.41) is 0. The molecule has 1 unspecified atom stereocenters. The summed E-state index contributed by atoms with van der Waals surface area (Å²) in [5.41, 5.74) is 6.41. The van der Waals surface area contributed by atoms with Crippen LogP contribution in [0.5, 0.6) is 0 Å². The molecule has 0 aliphatic heterocycles. The highest BCUT2D eigenvalue weighted by atomic mass is 31.2. The van der Waals surface area contributed by atoms with Gasteiger partial charge in [0.15, 0.2) is 11.5 Å². The maximum absolute atomic E-state index is 12.9. The van der Waals surface area contributed by atoms with Gasteiger partial charge in [0.05, 0.1) is 12.9 Å². The van der Waals surface area contributed by atoms with Gasteiger partial charge < -0.3 is 24.8 Å². The zero-order valence-electron chi connectivity index (χ0n) is 9.55. The van der Waals surface area contributed by atoms with E-state index in [1.165, 1.54) is 17.2 Å². The fourth-order valence-corrected chi connectivity index (χ4v) is 1.71. The maximum Gasteiger partial charge on any atom is 0.386 e. The number of hydrogen-bond donors (Lipinski definition) is 3. The van der Waals surface area contributed by atoms with E-state index in [-0.39, 0.29) is 19.0 Å². The van der Waals surface area contributed by atoms with Crippen LogP contribution in [0.15, 0.2) is 12.7 Å². The molecule has 2 aromatic heterocycles. The summed E-state index contributed by atoms with van der Waals surface area (Å²) in [6.45, 7) is -0.130. The van der Waals surface area contributed by atoms with Gasteiger partial charge in [-0.2, -0.15) is 0 Å². The maximum atomic E-state index is 12.9. The van der Waals surface area contributed by atoms with Gasteiger partial charge in [-0.15, -0.1) is 0 Å². The van der Waals surface area contributed by atoms with E-state index in [0.29, 0.717) is 11.2 Å². The molecular formula is C8H11FN5O4P. The quantitative estimate of drug-likeness (QED) is 0.647. The van der Waals surface area contributed by atoms with E-state index in [1.807, 2.05) is 0 Å². The molecule has 2 aromatic rings. The molecule has 11 heteroatoms. The summed E-state index contributed by atoms with van der Waals surface area (Å²) in [6, 6.07) is 0. The van der Waals surface area contributed by atoms with Crippen molar-refractivity contribution in [2.24, 2.45) is 0 Å². The minimum atomic E-state index is -4.88. The number of alkyl halides is 1. The van der Waals surface area contributed by atoms with E-state index >= 15 is 0 Å². The van der Waals surface area contributed by atoms with E-state index < -0.39 is 13.7 Å². The van der Waals surface area contributed by atoms with Crippen LogP contribution in [0.4, 0.5) is 10.2 Å². The van der Waals surface area contributed by atoms with E-state index in [2.05, 4.69) is 19.7 Å². The standard InChI is InChI=1S/C8H11FN5O4P/c9-8(19(15,16)17)18-2-1-14-4-13-5-6(10)11-3-12-7(5)14/h3-4,8H,1-2H2,(H2,10,11,12)(H2,15,16,17). The van der Waals surface area contributed by atoms with Crippen molar-refractivity contribution in [1.82, 2.24) is 19.5 Å². The number of halogens is 1. The molecule has 0 aliphatic rings. The second-order valence-electron chi connectivity index (χ2n) is 3.62. The normalized spacial score (nSPS) is 13.8. The van der Waals surface area contributed by atoms with Crippen molar-refractivity contribution < 1.29 is 23.5 Å². The highest BCUT2D eigenvalue weighted by Gasteiger charge is 2.29. The van der Waals surface area contributed by atoms with Crippen LogP contribution >= 0.6 is 7.60 Å². The van der Waals surface area contributed by atoms with Crippen molar-refractivity contribution in [3.05, 3.63) is 12.7 Å². The minimum absolute atomic E-state index is 0.118. The highest BCUT2D eigenvalue weighted by Crippen LogP contribution is 2.42. The van der Waals surface area contributed by atoms with Crippen molar-refractivity contribution in [3.63, 3.8) is 0 Å². The topological polar surface area (TPSA) is 136 Å². The average molecular weight is 291 g/mol. The Labute approximate surface area is 106 Å². The molecule has 0 aromatic carbocycles. The molecule has 0 aliphatic carbocycles. The predicted molar refractivity (Wildman–Crippen MR) is 62.6 cm³/mol. The van der Waals surface area contributed by atoms with Crippen LogP contribution in [-0.2, 0) is 15.8 Å². The molecule has 0 saturated heterocycles. The zero-order chi connectivity index (χ0) is 14.0. The molecule has 9 nitrogen and oxygen atoms in total. The van der Waals surface area contributed by atoms with Crippen molar-refractivity contribution in [2.75, 3.05) is 12.3 Å². The number of fused-ring (bicyclic) bond motifs is 1. The van der Waals surface area contributed by atoms with Gasteiger partial charge in [0.2, 0.25) is 0 Å². The smallest absolute Gasteiger partial charge is 0.382 e. The van der Waals surface area contributed by atoms with Crippen LogP contribution in [0.1, 0.15) is 0 Å². The van der Waals surface area contributed by atoms with E-state index in [0.717, 1.165) is 0 Å². The fourth-order valence-electron chi connectivity index (χ4n) is 1.41. The number of hydrogen-bond acceptors (Lipinski definition) is 6. The molecule has 0 saturated carbocycles. The molecule has 1 atom stereocenters. The van der Waals surface area contributed by atoms with Crippen molar-refractivity contribution >= 4 is 24.6 Å². The lowest BCUT2D eigenvalue weighted by atomic mass is 10.5. The first-order valence-corrected chi connectivity index (χ1v) is 6.80. The Kier molecular flexibility index (Phi) is 3.76. The summed E-state index contributed by atoms with van der Waals surface area (Å²) in [6.07, 6.45) is 0.0238. The first kappa shape index (κ1) is 13.8. The predicted octanol–water partition coefficient (Wildman–Crippen LogP) is -0.144. The number of nitrogens with two attached hydrogens (primary N) is 1. The van der Waals surface area contributed by atoms with Crippen LogP contribution in [0.2, 0.25) is 0 Å². The Bertz CT molecular complexity index is 629. The van der Waals surface area contributed by atoms with Gasteiger partial charge >= 0.3 is 13.7 Å². The van der Waals surface area contributed by atoms with Gasteiger partial charge in [-0.25, -0.2) is 19.3 Å². The average Bonchev–Trinajstić information content (AvgIpc) is 2.73. The van der Waals surface area contributed by atoms with E-state index in [1.54, 1.807) is 0 Å². The van der Waals surface area contributed by atoms with Crippen LogP contribution in [-0.4, -0.2) is 42.0 Å². The van der Waals surface area contributed by atoms with Crippen molar-refractivity contribution in [3.8, 4) is 0 Å². The molecule has 104 valence electrons. The number of rotatable bonds is 5. The second kappa shape index (κ2) is 5.17. The van der Waals surface area contributed by atoms with E-state index in [4.69, 9.17) is 15.5 Å². The molecule has 0 spiro atoms. The third kappa shape index (κ3) is 3.04. The van der Waals surface area contributed by atoms with Gasteiger partial charge in [0.25, 0.3) is 0 Å². The Morgan fingerprint density at radius 2 is 2.21 bits per heavy atom. The molecule has 2 heterocycles. The molecular weight excluding hydrogens is 280 g/mol. The lowest BCUT2D eigenvalue weighted by molar-refractivity contribution is -0.000215. The summed E-state index contributed by atoms with van der Waals surface area (Å²) in [5.74, 6) is 0.211. The van der Waals surface area contributed by atoms with Gasteiger partial charge in [-0.05, 0) is 0 Å². The van der Waals surface area contributed by atoms with Gasteiger partial charge in [-0.1, -0.05) is 0 Å². The number of nitrogen functional groups attached to an aromatic ring is 1. The molecule has 0 radical (unpaired) electrons. The van der Waals surface area contributed by atoms with Gasteiger partial charge in [-0.3, -0.25) is 4.57 Å². The number of anilines is 1. The minimum Gasteiger partial charge on any atom is -0.382 e. The molecule has 4 N–H and O–H groups in total. The number of nitrogens with zero attached hydrogens (tertiary/aromatic N) is 4. The molecule has 2 rings (SSSR count). The van der Waals surface area contributed by atoms with Crippen molar-refractivity contribution in [2.45, 2.75) is 12.6 Å². The number of ether oxygens (including phenoxy) is 1. The lowest BCUT2D eigenvalue weighted by Crippen LogP contribution is -2.12. The molecule has 19 heavy (non-hydrogen) atoms. The largest absolute Gasteiger partial charge is 0.386 e. The van der Waals surface area contributed by atoms with Gasteiger partial charge in [0, 0.05) is 6.54 Å². The summed E-state index contributed by atoms with van der Waals surface area (Å²) >= 11 is 0. The summed E-state index contributed by atoms with van der Waals surface area (Å²) < 4.78 is 29.3. The zero-order valence-corrected chi connectivity index (χ0v) is 10.4.